The van der Waals surface area contributed by atoms with Gasteiger partial charge in [0, 0.05) is 17.1 Å². The lowest BCUT2D eigenvalue weighted by atomic mass is 10.1. The number of rotatable bonds is 2. The number of carboxylic acid groups (broad SMARTS) is 1. The molecule has 20 heavy (non-hydrogen) atoms. The molecule has 0 radical (unpaired) electrons. The Morgan fingerprint density at radius 2 is 1.95 bits per heavy atom. The van der Waals surface area contributed by atoms with E-state index in [9.17, 15) is 4.79 Å². The normalized spacial score (nSPS) is 13.2. The number of carboxylic acids is 1. The molecule has 0 aromatic heterocycles. The first-order valence-corrected chi connectivity index (χ1v) is 6.36. The third-order valence-corrected chi connectivity index (χ3v) is 3.32. The van der Waals surface area contributed by atoms with Crippen LogP contribution < -0.4 is 15.5 Å². The van der Waals surface area contributed by atoms with Gasteiger partial charge in [0.25, 0.3) is 0 Å². The molecule has 1 heterocycles. The second-order valence-electron chi connectivity index (χ2n) is 4.81. The summed E-state index contributed by atoms with van der Waals surface area (Å²) in [6.45, 7) is 2.59. The molecule has 0 saturated heterocycles. The van der Waals surface area contributed by atoms with Gasteiger partial charge in [0.1, 0.15) is 6.67 Å². The van der Waals surface area contributed by atoms with E-state index in [4.69, 9.17) is 5.11 Å². The maximum Gasteiger partial charge on any atom is 0.335 e. The van der Waals surface area contributed by atoms with Gasteiger partial charge in [-0.25, -0.2) is 4.79 Å². The van der Waals surface area contributed by atoms with Crippen LogP contribution in [-0.2, 0) is 0 Å². The molecular weight excluding hydrogens is 252 g/mol. The van der Waals surface area contributed by atoms with Crippen molar-refractivity contribution in [3.05, 3.63) is 64.2 Å². The number of aromatic carboxylic acids is 1. The van der Waals surface area contributed by atoms with Crippen molar-refractivity contribution in [3.63, 3.8) is 0 Å². The summed E-state index contributed by atoms with van der Waals surface area (Å²) in [5.74, 6) is -0.912. The molecule has 1 aliphatic rings. The molecule has 2 aromatic rings. The summed E-state index contributed by atoms with van der Waals surface area (Å²) in [4.78, 5) is 17.4. The first kappa shape index (κ1) is 12.4. The summed E-state index contributed by atoms with van der Waals surface area (Å²) < 4.78 is 0. The molecule has 0 unspecified atom stereocenters. The maximum absolute atomic E-state index is 10.8. The van der Waals surface area contributed by atoms with Crippen molar-refractivity contribution in [1.82, 2.24) is 0 Å². The Morgan fingerprint density at radius 1 is 1.20 bits per heavy atom. The Hall–Kier alpha value is -2.62. The van der Waals surface area contributed by atoms with Crippen molar-refractivity contribution in [2.24, 2.45) is 4.99 Å². The van der Waals surface area contributed by atoms with E-state index in [1.165, 1.54) is 5.56 Å². The molecule has 1 N–H and O–H groups in total. The fourth-order valence-electron chi connectivity index (χ4n) is 2.23. The van der Waals surface area contributed by atoms with E-state index >= 15 is 0 Å². The third-order valence-electron chi connectivity index (χ3n) is 3.32. The highest BCUT2D eigenvalue weighted by atomic mass is 16.4. The van der Waals surface area contributed by atoms with Gasteiger partial charge in [-0.3, -0.25) is 4.99 Å². The quantitative estimate of drug-likeness (QED) is 0.897. The number of hydrogen-bond acceptors (Lipinski definition) is 3. The summed E-state index contributed by atoms with van der Waals surface area (Å²) >= 11 is 0. The Morgan fingerprint density at radius 3 is 2.65 bits per heavy atom. The highest BCUT2D eigenvalue weighted by Gasteiger charge is 2.08. The molecule has 0 fully saturated rings. The lowest BCUT2D eigenvalue weighted by Crippen LogP contribution is -2.36. The average molecular weight is 266 g/mol. The zero-order chi connectivity index (χ0) is 14.1. The van der Waals surface area contributed by atoms with Crippen LogP contribution in [0.4, 0.5) is 5.69 Å². The van der Waals surface area contributed by atoms with Crippen molar-refractivity contribution in [2.75, 3.05) is 11.6 Å². The molecule has 0 spiro atoms. The second kappa shape index (κ2) is 4.81. The molecule has 4 nitrogen and oxygen atoms in total. The van der Waals surface area contributed by atoms with E-state index in [-0.39, 0.29) is 0 Å². The summed E-state index contributed by atoms with van der Waals surface area (Å²) in [6, 6.07) is 13.0. The van der Waals surface area contributed by atoms with Gasteiger partial charge in [0.15, 0.2) is 0 Å². The second-order valence-corrected chi connectivity index (χ2v) is 4.81. The van der Waals surface area contributed by atoms with Crippen molar-refractivity contribution < 1.29 is 9.90 Å². The summed E-state index contributed by atoms with van der Waals surface area (Å²) in [5.41, 5.74) is 2.42. The van der Waals surface area contributed by atoms with E-state index in [1.54, 1.807) is 24.3 Å². The predicted octanol–water partition coefficient (Wildman–Crippen LogP) is 1.53. The van der Waals surface area contributed by atoms with Crippen LogP contribution in [0.25, 0.3) is 6.20 Å². The van der Waals surface area contributed by atoms with E-state index in [2.05, 4.69) is 18.0 Å². The van der Waals surface area contributed by atoms with Gasteiger partial charge in [-0.1, -0.05) is 11.6 Å². The van der Waals surface area contributed by atoms with E-state index in [1.807, 2.05) is 23.2 Å². The molecule has 0 atom stereocenters. The van der Waals surface area contributed by atoms with Crippen molar-refractivity contribution >= 4 is 17.9 Å². The summed E-state index contributed by atoms with van der Waals surface area (Å²) in [5, 5.41) is 11.0. The minimum atomic E-state index is -0.912. The van der Waals surface area contributed by atoms with E-state index in [0.717, 1.165) is 16.3 Å². The molecule has 4 heteroatoms. The molecule has 0 bridgehead atoms. The molecule has 0 saturated carbocycles. The average Bonchev–Trinajstić information content (AvgIpc) is 2.46. The Kier molecular flexibility index (Phi) is 2.99. The number of fused-ring (bicyclic) bond motifs is 1. The lowest BCUT2D eigenvalue weighted by molar-refractivity contribution is 0.0697. The molecule has 0 aliphatic carbocycles. The van der Waals surface area contributed by atoms with Crippen LogP contribution in [0.2, 0.25) is 0 Å². The first-order chi connectivity index (χ1) is 9.63. The SMILES string of the molecule is Cc1ccc2c(c1)=CN(c1ccc(C(=O)O)cc1)CN=2. The fraction of sp³-hybridized carbons (Fsp3) is 0.125. The minimum absolute atomic E-state index is 0.291. The Balaban J connectivity index is 1.98. The van der Waals surface area contributed by atoms with Gasteiger partial charge >= 0.3 is 5.97 Å². The first-order valence-electron chi connectivity index (χ1n) is 6.36. The molecule has 2 aromatic carbocycles. The largest absolute Gasteiger partial charge is 0.478 e. The van der Waals surface area contributed by atoms with Gasteiger partial charge < -0.3 is 10.0 Å². The Bertz CT molecular complexity index is 779. The number of hydrogen-bond donors (Lipinski definition) is 1. The number of nitrogens with zero attached hydrogens (tertiary/aromatic N) is 2. The summed E-state index contributed by atoms with van der Waals surface area (Å²) in [7, 11) is 0. The van der Waals surface area contributed by atoms with Gasteiger partial charge in [-0.2, -0.15) is 0 Å². The van der Waals surface area contributed by atoms with Crippen molar-refractivity contribution in [1.29, 1.82) is 0 Å². The predicted molar refractivity (Wildman–Crippen MR) is 77.2 cm³/mol. The zero-order valence-electron chi connectivity index (χ0n) is 11.1. The number of carbonyl (C=O) groups is 1. The minimum Gasteiger partial charge on any atom is -0.478 e. The highest BCUT2D eigenvalue weighted by Crippen LogP contribution is 2.16. The topological polar surface area (TPSA) is 52.9 Å². The standard InChI is InChI=1S/C16H14N2O2/c1-11-2-7-15-13(8-11)9-18(10-17-15)14-5-3-12(4-6-14)16(19)20/h2-9H,10H2,1H3,(H,19,20). The van der Waals surface area contributed by atoms with Crippen LogP contribution in [0.5, 0.6) is 0 Å². The fourth-order valence-corrected chi connectivity index (χ4v) is 2.23. The summed E-state index contributed by atoms with van der Waals surface area (Å²) in [6.07, 6.45) is 2.05. The zero-order valence-corrected chi connectivity index (χ0v) is 11.1. The third kappa shape index (κ3) is 2.28. The van der Waals surface area contributed by atoms with Gasteiger partial charge in [0.2, 0.25) is 0 Å². The van der Waals surface area contributed by atoms with Crippen LogP contribution >= 0.6 is 0 Å². The van der Waals surface area contributed by atoms with Crippen LogP contribution in [0.1, 0.15) is 15.9 Å². The number of anilines is 1. The van der Waals surface area contributed by atoms with Crippen LogP contribution in [-0.4, -0.2) is 17.7 Å². The number of benzene rings is 2. The van der Waals surface area contributed by atoms with Crippen molar-refractivity contribution in [2.45, 2.75) is 6.92 Å². The number of aryl methyl sites for hydroxylation is 1. The Labute approximate surface area is 116 Å². The highest BCUT2D eigenvalue weighted by molar-refractivity contribution is 5.88. The van der Waals surface area contributed by atoms with Gasteiger partial charge in [-0.15, -0.1) is 0 Å². The van der Waals surface area contributed by atoms with E-state index in [0.29, 0.717) is 12.2 Å². The molecular formula is C16H14N2O2. The smallest absolute Gasteiger partial charge is 0.335 e. The molecule has 0 amide bonds. The lowest BCUT2D eigenvalue weighted by Gasteiger charge is -2.21. The van der Waals surface area contributed by atoms with E-state index < -0.39 is 5.97 Å². The molecule has 1 aliphatic heterocycles. The van der Waals surface area contributed by atoms with Crippen molar-refractivity contribution in [3.8, 4) is 0 Å². The maximum atomic E-state index is 10.8. The van der Waals surface area contributed by atoms with Crippen LogP contribution in [0, 0.1) is 6.92 Å². The molecule has 3 rings (SSSR count). The van der Waals surface area contributed by atoms with Gasteiger partial charge in [0.05, 0.1) is 10.9 Å². The monoisotopic (exact) mass is 266 g/mol. The van der Waals surface area contributed by atoms with Crippen LogP contribution in [0.15, 0.2) is 47.5 Å². The molecule has 100 valence electrons. The van der Waals surface area contributed by atoms with Crippen LogP contribution in [0.3, 0.4) is 0 Å². The van der Waals surface area contributed by atoms with Gasteiger partial charge in [-0.05, 0) is 43.3 Å².